The molecule has 0 radical (unpaired) electrons. The number of hydrogen-bond acceptors (Lipinski definition) is 5. The number of carbonyl (C=O) groups is 2. The van der Waals surface area contributed by atoms with Crippen LogP contribution in [-0.2, 0) is 16.1 Å². The van der Waals surface area contributed by atoms with Gasteiger partial charge < -0.3 is 10.8 Å². The Morgan fingerprint density at radius 3 is 2.68 bits per heavy atom. The first-order chi connectivity index (χ1) is 9.04. The van der Waals surface area contributed by atoms with Gasteiger partial charge in [0.05, 0.1) is 29.9 Å². The highest BCUT2D eigenvalue weighted by Gasteiger charge is 2.15. The van der Waals surface area contributed by atoms with E-state index in [1.54, 1.807) is 0 Å². The lowest BCUT2D eigenvalue weighted by molar-refractivity contribution is -0.138. The summed E-state index contributed by atoms with van der Waals surface area (Å²) in [7, 11) is 0. The number of amides is 1. The second-order valence-electron chi connectivity index (χ2n) is 4.08. The molecule has 1 aromatic carbocycles. The van der Waals surface area contributed by atoms with E-state index in [0.29, 0.717) is 6.54 Å². The standard InChI is InChI=1S/C12H13N3O3S/c13-10(16)5-15(7-12(17)18)6-11-14-8-3-1-2-4-9(8)19-11/h1-4H,5-7H2,(H2,13,16)(H,17,18). The summed E-state index contributed by atoms with van der Waals surface area (Å²) in [4.78, 5) is 27.5. The van der Waals surface area contributed by atoms with Crippen LogP contribution in [0.25, 0.3) is 10.2 Å². The molecule has 0 fully saturated rings. The number of nitrogens with zero attached hydrogens (tertiary/aromatic N) is 2. The van der Waals surface area contributed by atoms with Gasteiger partial charge in [-0.25, -0.2) is 4.98 Å². The average Bonchev–Trinajstić information content (AvgIpc) is 2.68. The molecule has 19 heavy (non-hydrogen) atoms. The van der Waals surface area contributed by atoms with Gasteiger partial charge in [0.25, 0.3) is 0 Å². The summed E-state index contributed by atoms with van der Waals surface area (Å²) in [6, 6.07) is 7.66. The predicted octanol–water partition coefficient (Wildman–Crippen LogP) is 0.668. The van der Waals surface area contributed by atoms with Crippen LogP contribution in [0, 0.1) is 0 Å². The minimum atomic E-state index is -0.998. The third kappa shape index (κ3) is 3.73. The van der Waals surface area contributed by atoms with Gasteiger partial charge in [-0.15, -0.1) is 11.3 Å². The highest BCUT2D eigenvalue weighted by molar-refractivity contribution is 7.18. The molecule has 0 unspecified atom stereocenters. The molecule has 0 saturated heterocycles. The topological polar surface area (TPSA) is 96.5 Å². The summed E-state index contributed by atoms with van der Waals surface area (Å²) in [5, 5.41) is 9.57. The van der Waals surface area contributed by atoms with E-state index in [4.69, 9.17) is 10.8 Å². The number of aromatic nitrogens is 1. The summed E-state index contributed by atoms with van der Waals surface area (Å²) < 4.78 is 1.03. The quantitative estimate of drug-likeness (QED) is 0.810. The van der Waals surface area contributed by atoms with Crippen LogP contribution in [0.2, 0.25) is 0 Å². The summed E-state index contributed by atoms with van der Waals surface area (Å²) in [5.74, 6) is -1.55. The van der Waals surface area contributed by atoms with Crippen LogP contribution in [0.4, 0.5) is 0 Å². The van der Waals surface area contributed by atoms with Gasteiger partial charge in [0.1, 0.15) is 5.01 Å². The summed E-state index contributed by atoms with van der Waals surface area (Å²) >= 11 is 1.48. The van der Waals surface area contributed by atoms with Crippen LogP contribution >= 0.6 is 11.3 Å². The highest BCUT2D eigenvalue weighted by atomic mass is 32.1. The fourth-order valence-corrected chi connectivity index (χ4v) is 2.77. The Balaban J connectivity index is 2.15. The highest BCUT2D eigenvalue weighted by Crippen LogP contribution is 2.22. The maximum Gasteiger partial charge on any atom is 0.317 e. The molecule has 0 spiro atoms. The first-order valence-electron chi connectivity index (χ1n) is 5.61. The number of fused-ring (bicyclic) bond motifs is 1. The van der Waals surface area contributed by atoms with Gasteiger partial charge in [0.2, 0.25) is 5.91 Å². The lowest BCUT2D eigenvalue weighted by Crippen LogP contribution is -2.36. The van der Waals surface area contributed by atoms with Crippen molar-refractivity contribution in [1.29, 1.82) is 0 Å². The maximum atomic E-state index is 10.9. The largest absolute Gasteiger partial charge is 0.480 e. The third-order valence-corrected chi connectivity index (χ3v) is 3.46. The Bertz CT molecular complexity index is 562. The number of aliphatic carboxylic acids is 1. The minimum absolute atomic E-state index is 0.0950. The molecule has 0 aliphatic rings. The Morgan fingerprint density at radius 2 is 2.05 bits per heavy atom. The molecular weight excluding hydrogens is 266 g/mol. The van der Waals surface area contributed by atoms with Crippen molar-refractivity contribution >= 4 is 33.4 Å². The van der Waals surface area contributed by atoms with Gasteiger partial charge in [-0.2, -0.15) is 0 Å². The third-order valence-electron chi connectivity index (χ3n) is 2.44. The van der Waals surface area contributed by atoms with Crippen molar-refractivity contribution in [2.75, 3.05) is 13.1 Å². The van der Waals surface area contributed by atoms with Crippen LogP contribution in [0.3, 0.4) is 0 Å². The summed E-state index contributed by atoms with van der Waals surface area (Å²) in [6.07, 6.45) is 0. The fraction of sp³-hybridized carbons (Fsp3) is 0.250. The normalized spacial score (nSPS) is 11.0. The number of carbonyl (C=O) groups excluding carboxylic acids is 1. The molecule has 6 nitrogen and oxygen atoms in total. The molecule has 2 rings (SSSR count). The van der Waals surface area contributed by atoms with Crippen LogP contribution in [-0.4, -0.2) is 40.0 Å². The fourth-order valence-electron chi connectivity index (χ4n) is 1.76. The molecule has 1 amide bonds. The monoisotopic (exact) mass is 279 g/mol. The van der Waals surface area contributed by atoms with E-state index >= 15 is 0 Å². The maximum absolute atomic E-state index is 10.9. The first-order valence-corrected chi connectivity index (χ1v) is 6.43. The van der Waals surface area contributed by atoms with Crippen molar-refractivity contribution in [1.82, 2.24) is 9.88 Å². The molecule has 0 atom stereocenters. The number of hydrogen-bond donors (Lipinski definition) is 2. The Hall–Kier alpha value is -1.99. The Labute approximate surface area is 113 Å². The first kappa shape index (κ1) is 13.4. The van der Waals surface area contributed by atoms with Gasteiger partial charge in [0, 0.05) is 0 Å². The van der Waals surface area contributed by atoms with Gasteiger partial charge in [-0.05, 0) is 12.1 Å². The SMILES string of the molecule is NC(=O)CN(CC(=O)O)Cc1nc2ccccc2s1. The number of benzene rings is 1. The molecule has 7 heteroatoms. The van der Waals surface area contributed by atoms with Crippen molar-refractivity contribution in [3.63, 3.8) is 0 Å². The summed E-state index contributed by atoms with van der Waals surface area (Å²) in [5.41, 5.74) is 5.98. The van der Waals surface area contributed by atoms with E-state index in [2.05, 4.69) is 4.98 Å². The molecule has 0 aliphatic heterocycles. The van der Waals surface area contributed by atoms with E-state index in [-0.39, 0.29) is 13.1 Å². The number of nitrogens with two attached hydrogens (primary N) is 1. The van der Waals surface area contributed by atoms with E-state index in [0.717, 1.165) is 15.2 Å². The number of rotatable bonds is 6. The summed E-state index contributed by atoms with van der Waals surface area (Å²) in [6.45, 7) is -0.0321. The van der Waals surface area contributed by atoms with Gasteiger partial charge >= 0.3 is 5.97 Å². The lowest BCUT2D eigenvalue weighted by Gasteiger charge is -2.16. The molecule has 100 valence electrons. The van der Waals surface area contributed by atoms with Crippen molar-refractivity contribution < 1.29 is 14.7 Å². The Kier molecular flexibility index (Phi) is 4.08. The zero-order valence-corrected chi connectivity index (χ0v) is 10.9. The number of primary amides is 1. The number of thiazole rings is 1. The van der Waals surface area contributed by atoms with Gasteiger partial charge in [-0.1, -0.05) is 12.1 Å². The second kappa shape index (κ2) is 5.77. The van der Waals surface area contributed by atoms with E-state index in [1.165, 1.54) is 16.2 Å². The van der Waals surface area contributed by atoms with Crippen LogP contribution in [0.1, 0.15) is 5.01 Å². The van der Waals surface area contributed by atoms with Crippen LogP contribution < -0.4 is 5.73 Å². The molecule has 0 bridgehead atoms. The van der Waals surface area contributed by atoms with E-state index in [1.807, 2.05) is 24.3 Å². The van der Waals surface area contributed by atoms with Crippen molar-refractivity contribution in [3.8, 4) is 0 Å². The number of carboxylic acid groups (broad SMARTS) is 1. The van der Waals surface area contributed by atoms with E-state index < -0.39 is 11.9 Å². The lowest BCUT2D eigenvalue weighted by atomic mass is 10.3. The van der Waals surface area contributed by atoms with E-state index in [9.17, 15) is 9.59 Å². The zero-order valence-electron chi connectivity index (χ0n) is 10.1. The van der Waals surface area contributed by atoms with Crippen LogP contribution in [0.15, 0.2) is 24.3 Å². The van der Waals surface area contributed by atoms with Gasteiger partial charge in [-0.3, -0.25) is 14.5 Å². The van der Waals surface area contributed by atoms with Crippen molar-refractivity contribution in [2.45, 2.75) is 6.54 Å². The molecule has 2 aromatic rings. The molecular formula is C12H13N3O3S. The molecule has 0 saturated carbocycles. The zero-order chi connectivity index (χ0) is 13.8. The molecule has 3 N–H and O–H groups in total. The number of carboxylic acids is 1. The van der Waals surface area contributed by atoms with Crippen molar-refractivity contribution in [2.24, 2.45) is 5.73 Å². The minimum Gasteiger partial charge on any atom is -0.480 e. The molecule has 1 heterocycles. The number of para-hydroxylation sites is 1. The average molecular weight is 279 g/mol. The molecule has 0 aliphatic carbocycles. The predicted molar refractivity (Wildman–Crippen MR) is 71.7 cm³/mol. The van der Waals surface area contributed by atoms with Gasteiger partial charge in [0.15, 0.2) is 0 Å². The van der Waals surface area contributed by atoms with Crippen molar-refractivity contribution in [3.05, 3.63) is 29.3 Å². The smallest absolute Gasteiger partial charge is 0.317 e. The van der Waals surface area contributed by atoms with Crippen LogP contribution in [0.5, 0.6) is 0 Å². The second-order valence-corrected chi connectivity index (χ2v) is 5.20. The Morgan fingerprint density at radius 1 is 1.32 bits per heavy atom. The molecule has 1 aromatic heterocycles.